The van der Waals surface area contributed by atoms with Crippen molar-refractivity contribution in [3.63, 3.8) is 0 Å². The SMILES string of the molecule is CCCCCCCCCCCc1cc2c(CCCCCCCCCCC)cccc2cc1S(=O)(=O)[O-].CCCCCCCCCCCc1cc2c(CCCCCCCCCCC)cccc2cc1S(=O)(=O)[O-].[Ba+2]. The molecule has 0 heterocycles. The van der Waals surface area contributed by atoms with Crippen LogP contribution in [0.25, 0.3) is 21.5 Å². The minimum Gasteiger partial charge on any atom is -0.744 e. The maximum atomic E-state index is 12.0. The van der Waals surface area contributed by atoms with Gasteiger partial charge in [0.25, 0.3) is 0 Å². The zero-order valence-corrected chi connectivity index (χ0v) is 53.1. The van der Waals surface area contributed by atoms with E-state index in [1.165, 1.54) is 204 Å². The Hall–Kier alpha value is -1.21. The molecule has 73 heavy (non-hydrogen) atoms. The Labute approximate surface area is 489 Å². The van der Waals surface area contributed by atoms with E-state index < -0.39 is 20.2 Å². The van der Waals surface area contributed by atoms with Gasteiger partial charge in [-0.1, -0.05) is 270 Å². The minimum absolute atomic E-state index is 0. The summed E-state index contributed by atoms with van der Waals surface area (Å²) in [7, 11) is -8.97. The average Bonchev–Trinajstić information content (AvgIpc) is 3.36. The number of benzene rings is 4. The molecule has 6 nitrogen and oxygen atoms in total. The molecular formula is C64H102BaO6S2. The topological polar surface area (TPSA) is 114 Å². The maximum absolute atomic E-state index is 12.0. The van der Waals surface area contributed by atoms with Gasteiger partial charge in [-0.15, -0.1) is 0 Å². The van der Waals surface area contributed by atoms with E-state index in [-0.39, 0.29) is 58.7 Å². The monoisotopic (exact) mass is 1170 g/mol. The van der Waals surface area contributed by atoms with Crippen LogP contribution < -0.4 is 0 Å². The summed E-state index contributed by atoms with van der Waals surface area (Å²) in [6, 6.07) is 19.5. The average molecular weight is 1170 g/mol. The maximum Gasteiger partial charge on any atom is 2.00 e. The van der Waals surface area contributed by atoms with Crippen LogP contribution in [0.2, 0.25) is 0 Å². The molecule has 408 valence electrons. The van der Waals surface area contributed by atoms with Crippen molar-refractivity contribution >= 4 is 90.7 Å². The Morgan fingerprint density at radius 1 is 0.301 bits per heavy atom. The number of fused-ring (bicyclic) bond motifs is 2. The van der Waals surface area contributed by atoms with Gasteiger partial charge in [0.2, 0.25) is 0 Å². The van der Waals surface area contributed by atoms with Gasteiger partial charge in [-0.25, -0.2) is 16.8 Å². The number of hydrogen-bond donors (Lipinski definition) is 0. The van der Waals surface area contributed by atoms with Crippen molar-refractivity contribution in [2.45, 2.75) is 294 Å². The predicted molar refractivity (Wildman–Crippen MR) is 313 cm³/mol. The van der Waals surface area contributed by atoms with Crippen LogP contribution in [0.15, 0.2) is 70.5 Å². The number of rotatable bonds is 42. The largest absolute Gasteiger partial charge is 2.00 e. The second-order valence-corrected chi connectivity index (χ2v) is 24.1. The Kier molecular flexibility index (Phi) is 38.9. The van der Waals surface area contributed by atoms with E-state index in [4.69, 9.17) is 0 Å². The second kappa shape index (κ2) is 41.8. The molecule has 4 aromatic rings. The molecule has 0 atom stereocenters. The summed E-state index contributed by atoms with van der Waals surface area (Å²) in [5, 5.41) is 3.98. The van der Waals surface area contributed by atoms with Crippen LogP contribution in [-0.4, -0.2) is 74.8 Å². The first-order chi connectivity index (χ1) is 34.9. The normalized spacial score (nSPS) is 11.8. The van der Waals surface area contributed by atoms with Gasteiger partial charge in [-0.3, -0.25) is 0 Å². The molecule has 0 bridgehead atoms. The van der Waals surface area contributed by atoms with Crippen LogP contribution in [0.5, 0.6) is 0 Å². The van der Waals surface area contributed by atoms with Crippen molar-refractivity contribution in [3.8, 4) is 0 Å². The molecule has 0 amide bonds. The van der Waals surface area contributed by atoms with Gasteiger partial charge in [-0.05, 0) is 119 Å². The molecule has 0 aromatic heterocycles. The summed E-state index contributed by atoms with van der Waals surface area (Å²) in [6.45, 7) is 8.99. The van der Waals surface area contributed by atoms with E-state index >= 15 is 0 Å². The third-order valence-electron chi connectivity index (χ3n) is 15.0. The molecule has 0 aliphatic heterocycles. The Bertz CT molecular complexity index is 2100. The summed E-state index contributed by atoms with van der Waals surface area (Å²) in [4.78, 5) is -0.0374. The Morgan fingerprint density at radius 2 is 0.521 bits per heavy atom. The quantitative estimate of drug-likeness (QED) is 0.0248. The smallest absolute Gasteiger partial charge is 0.744 e. The Balaban J connectivity index is 0.000000493. The fraction of sp³-hybridized carbons (Fsp3) is 0.688. The van der Waals surface area contributed by atoms with Gasteiger partial charge in [0.15, 0.2) is 0 Å². The van der Waals surface area contributed by atoms with Gasteiger partial charge < -0.3 is 9.11 Å². The summed E-state index contributed by atoms with van der Waals surface area (Å²) >= 11 is 0. The molecule has 9 heteroatoms. The van der Waals surface area contributed by atoms with Gasteiger partial charge in [-0.2, -0.15) is 0 Å². The molecule has 0 spiro atoms. The summed E-state index contributed by atoms with van der Waals surface area (Å²) in [6.07, 6.45) is 48.8. The van der Waals surface area contributed by atoms with E-state index in [1.807, 2.05) is 36.4 Å². The van der Waals surface area contributed by atoms with E-state index in [0.29, 0.717) is 24.0 Å². The summed E-state index contributed by atoms with van der Waals surface area (Å²) in [5.41, 5.74) is 3.97. The van der Waals surface area contributed by atoms with Crippen molar-refractivity contribution in [1.29, 1.82) is 0 Å². The van der Waals surface area contributed by atoms with Gasteiger partial charge >= 0.3 is 48.9 Å². The van der Waals surface area contributed by atoms with Gasteiger partial charge in [0.05, 0.1) is 9.79 Å². The van der Waals surface area contributed by atoms with Crippen LogP contribution in [0.1, 0.15) is 281 Å². The first-order valence-electron chi connectivity index (χ1n) is 29.9. The molecule has 4 rings (SSSR count). The molecule has 4 aromatic carbocycles. The summed E-state index contributed by atoms with van der Waals surface area (Å²) in [5.74, 6) is 0. The second-order valence-electron chi connectivity index (χ2n) is 21.4. The predicted octanol–water partition coefficient (Wildman–Crippen LogP) is 19.4. The first kappa shape index (κ1) is 67.9. The minimum atomic E-state index is -4.48. The van der Waals surface area contributed by atoms with Crippen LogP contribution in [0.4, 0.5) is 0 Å². The zero-order chi connectivity index (χ0) is 52.1. The van der Waals surface area contributed by atoms with E-state index in [2.05, 4.69) is 39.8 Å². The van der Waals surface area contributed by atoms with Crippen LogP contribution in [0.3, 0.4) is 0 Å². The van der Waals surface area contributed by atoms with E-state index in [0.717, 1.165) is 72.9 Å². The summed E-state index contributed by atoms with van der Waals surface area (Å²) < 4.78 is 72.3. The number of aryl methyl sites for hydroxylation is 4. The molecule has 0 unspecified atom stereocenters. The van der Waals surface area contributed by atoms with Crippen LogP contribution in [0, 0.1) is 0 Å². The molecule has 0 aliphatic carbocycles. The fourth-order valence-corrected chi connectivity index (χ4v) is 12.1. The van der Waals surface area contributed by atoms with Crippen molar-refractivity contribution < 1.29 is 25.9 Å². The van der Waals surface area contributed by atoms with Crippen molar-refractivity contribution in [3.05, 3.63) is 82.9 Å². The van der Waals surface area contributed by atoms with Crippen LogP contribution in [-0.2, 0) is 45.9 Å². The van der Waals surface area contributed by atoms with E-state index in [1.54, 1.807) is 12.1 Å². The third-order valence-corrected chi connectivity index (χ3v) is 16.9. The fourth-order valence-electron chi connectivity index (χ4n) is 10.6. The number of hydrogen-bond acceptors (Lipinski definition) is 6. The third kappa shape index (κ3) is 29.4. The molecular weight excluding hydrogens is 1070 g/mol. The van der Waals surface area contributed by atoms with Crippen molar-refractivity contribution in [2.75, 3.05) is 0 Å². The molecule has 0 saturated heterocycles. The molecule has 0 radical (unpaired) electrons. The standard InChI is InChI=1S/2C32H52O3S.Ba/c2*1-3-5-7-9-11-13-15-17-19-22-28-24-21-25-29-27-32(36(33,34)35)30(26-31(28)29)23-20-18-16-14-12-10-8-6-4-2;/h2*21,24-27H,3-20,22-23H2,1-2H3,(H,33,34,35);/q;;+2/p-2. The van der Waals surface area contributed by atoms with Gasteiger partial charge in [0, 0.05) is 0 Å². The van der Waals surface area contributed by atoms with E-state index in [9.17, 15) is 25.9 Å². The molecule has 0 fully saturated rings. The van der Waals surface area contributed by atoms with Crippen molar-refractivity contribution in [1.82, 2.24) is 0 Å². The Morgan fingerprint density at radius 3 is 0.753 bits per heavy atom. The van der Waals surface area contributed by atoms with Crippen LogP contribution >= 0.6 is 0 Å². The molecule has 0 aliphatic rings. The van der Waals surface area contributed by atoms with Gasteiger partial charge in [0.1, 0.15) is 20.2 Å². The molecule has 0 saturated carbocycles. The number of unbranched alkanes of at least 4 members (excludes halogenated alkanes) is 32. The van der Waals surface area contributed by atoms with Crippen molar-refractivity contribution in [2.24, 2.45) is 0 Å². The first-order valence-corrected chi connectivity index (χ1v) is 32.8. The zero-order valence-electron chi connectivity index (χ0n) is 47.0. The molecule has 0 N–H and O–H groups in total.